The van der Waals surface area contributed by atoms with Gasteiger partial charge >= 0.3 is 6.18 Å². The number of rotatable bonds is 6. The van der Waals surface area contributed by atoms with Crippen LogP contribution in [0.1, 0.15) is 51.0 Å². The molecule has 9 heteroatoms. The van der Waals surface area contributed by atoms with E-state index in [0.717, 1.165) is 31.1 Å². The number of hydrogen-bond acceptors (Lipinski definition) is 5. The van der Waals surface area contributed by atoms with E-state index in [1.165, 1.54) is 12.3 Å². The molecule has 1 aromatic carbocycles. The minimum absolute atomic E-state index is 0.0193. The van der Waals surface area contributed by atoms with Crippen molar-refractivity contribution in [3.63, 3.8) is 0 Å². The Labute approximate surface area is 207 Å². The number of fused-ring (bicyclic) bond motifs is 2. The Morgan fingerprint density at radius 3 is 2.53 bits per heavy atom. The van der Waals surface area contributed by atoms with Crippen molar-refractivity contribution < 1.29 is 17.9 Å². The smallest absolute Gasteiger partial charge is 0.396 e. The molecule has 6 nitrogen and oxygen atoms in total. The SMILES string of the molecule is CCOc1ccc2ccc(-c3nnc4ccc(C(C(C)C5CCC(N)CC5)C(F)(F)F)cn34)nc2c1. The van der Waals surface area contributed by atoms with E-state index in [1.54, 1.807) is 23.5 Å². The van der Waals surface area contributed by atoms with Gasteiger partial charge in [-0.05, 0) is 74.3 Å². The van der Waals surface area contributed by atoms with Crippen LogP contribution in [-0.2, 0) is 0 Å². The van der Waals surface area contributed by atoms with E-state index in [-0.39, 0.29) is 17.5 Å². The zero-order valence-corrected chi connectivity index (χ0v) is 20.4. The monoisotopic (exact) mass is 497 g/mol. The maximum absolute atomic E-state index is 14.4. The second-order valence-electron chi connectivity index (χ2n) is 9.75. The average molecular weight is 498 g/mol. The summed E-state index contributed by atoms with van der Waals surface area (Å²) in [6.45, 7) is 4.17. The molecule has 2 N–H and O–H groups in total. The van der Waals surface area contributed by atoms with Gasteiger partial charge in [0.05, 0.1) is 18.0 Å². The Hall–Kier alpha value is -3.20. The first-order chi connectivity index (χ1) is 17.2. The molecule has 190 valence electrons. The Morgan fingerprint density at radius 2 is 1.81 bits per heavy atom. The van der Waals surface area contributed by atoms with Crippen molar-refractivity contribution in [1.82, 2.24) is 19.6 Å². The summed E-state index contributed by atoms with van der Waals surface area (Å²) in [7, 11) is 0. The first-order valence-electron chi connectivity index (χ1n) is 12.5. The fourth-order valence-electron chi connectivity index (χ4n) is 5.48. The predicted octanol–water partition coefficient (Wildman–Crippen LogP) is 6.14. The molecule has 4 aromatic rings. The molecule has 1 aliphatic carbocycles. The van der Waals surface area contributed by atoms with Crippen molar-refractivity contribution in [3.8, 4) is 17.3 Å². The third-order valence-electron chi connectivity index (χ3n) is 7.43. The van der Waals surface area contributed by atoms with Crippen molar-refractivity contribution in [2.75, 3.05) is 6.61 Å². The number of benzene rings is 1. The number of halogens is 3. The van der Waals surface area contributed by atoms with Crippen LogP contribution in [0.4, 0.5) is 13.2 Å². The van der Waals surface area contributed by atoms with Gasteiger partial charge in [-0.1, -0.05) is 19.1 Å². The van der Waals surface area contributed by atoms with Gasteiger partial charge in [0.15, 0.2) is 11.5 Å². The van der Waals surface area contributed by atoms with Crippen LogP contribution in [0.15, 0.2) is 48.7 Å². The molecule has 0 saturated heterocycles. The Morgan fingerprint density at radius 1 is 1.06 bits per heavy atom. The lowest BCUT2D eigenvalue weighted by molar-refractivity contribution is -0.166. The molecular weight excluding hydrogens is 467 g/mol. The van der Waals surface area contributed by atoms with Crippen LogP contribution in [0.5, 0.6) is 5.75 Å². The highest BCUT2D eigenvalue weighted by Gasteiger charge is 2.46. The number of nitrogens with two attached hydrogens (primary N) is 1. The number of hydrogen-bond donors (Lipinski definition) is 1. The summed E-state index contributed by atoms with van der Waals surface area (Å²) in [5.41, 5.74) is 7.91. The van der Waals surface area contributed by atoms with Crippen LogP contribution in [-0.4, -0.2) is 38.4 Å². The normalized spacial score (nSPS) is 20.5. The topological polar surface area (TPSA) is 78.3 Å². The van der Waals surface area contributed by atoms with Crippen LogP contribution >= 0.6 is 0 Å². The molecule has 2 atom stereocenters. The largest absolute Gasteiger partial charge is 0.494 e. The minimum Gasteiger partial charge on any atom is -0.494 e. The van der Waals surface area contributed by atoms with Gasteiger partial charge in [-0.2, -0.15) is 13.2 Å². The summed E-state index contributed by atoms with van der Waals surface area (Å²) in [6.07, 6.45) is 0.132. The zero-order chi connectivity index (χ0) is 25.4. The Kier molecular flexibility index (Phi) is 6.59. The van der Waals surface area contributed by atoms with E-state index in [4.69, 9.17) is 15.5 Å². The second kappa shape index (κ2) is 9.69. The van der Waals surface area contributed by atoms with Crippen molar-refractivity contribution in [3.05, 3.63) is 54.2 Å². The lowest BCUT2D eigenvalue weighted by atomic mass is 9.72. The molecular formula is C27H30F3N5O. The van der Waals surface area contributed by atoms with Gasteiger partial charge in [0.1, 0.15) is 11.4 Å². The number of nitrogens with zero attached hydrogens (tertiary/aromatic N) is 4. The van der Waals surface area contributed by atoms with Crippen LogP contribution in [0, 0.1) is 11.8 Å². The lowest BCUT2D eigenvalue weighted by Crippen LogP contribution is -2.35. The van der Waals surface area contributed by atoms with E-state index in [1.807, 2.05) is 31.2 Å². The van der Waals surface area contributed by atoms with Gasteiger partial charge < -0.3 is 10.5 Å². The Bertz CT molecular complexity index is 1360. The second-order valence-corrected chi connectivity index (χ2v) is 9.75. The third kappa shape index (κ3) is 4.76. The third-order valence-corrected chi connectivity index (χ3v) is 7.43. The molecule has 1 saturated carbocycles. The van der Waals surface area contributed by atoms with E-state index < -0.39 is 18.0 Å². The van der Waals surface area contributed by atoms with E-state index in [0.29, 0.717) is 35.0 Å². The van der Waals surface area contributed by atoms with Crippen LogP contribution < -0.4 is 10.5 Å². The molecule has 0 aliphatic heterocycles. The van der Waals surface area contributed by atoms with Gasteiger partial charge in [-0.15, -0.1) is 10.2 Å². The van der Waals surface area contributed by atoms with E-state index >= 15 is 0 Å². The molecule has 0 spiro atoms. The standard InChI is InChI=1S/C27H30F3N5O/c1-3-36-21-11-6-18-7-12-22(32-23(18)14-21)26-34-33-24-13-8-19(15-35(24)26)25(27(28,29)30)16(2)17-4-9-20(31)10-5-17/h6-8,11-17,20,25H,3-5,9-10,31H2,1-2H3. The molecule has 3 heterocycles. The predicted molar refractivity (Wildman–Crippen MR) is 133 cm³/mol. The molecule has 1 fully saturated rings. The van der Waals surface area contributed by atoms with Crippen molar-refractivity contribution in [1.29, 1.82) is 0 Å². The summed E-state index contributed by atoms with van der Waals surface area (Å²) in [6, 6.07) is 12.6. The lowest BCUT2D eigenvalue weighted by Gasteiger charge is -2.36. The van der Waals surface area contributed by atoms with Crippen molar-refractivity contribution in [2.24, 2.45) is 17.6 Å². The molecule has 36 heavy (non-hydrogen) atoms. The van der Waals surface area contributed by atoms with Gasteiger partial charge in [0.25, 0.3) is 0 Å². The average Bonchev–Trinajstić information content (AvgIpc) is 3.27. The number of aromatic nitrogens is 4. The minimum atomic E-state index is -4.38. The fourth-order valence-corrected chi connectivity index (χ4v) is 5.48. The summed E-state index contributed by atoms with van der Waals surface area (Å²) < 4.78 is 50.5. The fraction of sp³-hybridized carbons (Fsp3) is 0.444. The van der Waals surface area contributed by atoms with Crippen LogP contribution in [0.25, 0.3) is 28.1 Å². The number of ether oxygens (including phenoxy) is 1. The van der Waals surface area contributed by atoms with Gasteiger partial charge in [-0.3, -0.25) is 4.40 Å². The summed E-state index contributed by atoms with van der Waals surface area (Å²) in [4.78, 5) is 4.71. The summed E-state index contributed by atoms with van der Waals surface area (Å²) >= 11 is 0. The highest BCUT2D eigenvalue weighted by Crippen LogP contribution is 2.46. The maximum atomic E-state index is 14.4. The summed E-state index contributed by atoms with van der Waals surface area (Å²) in [5.74, 6) is -1.07. The van der Waals surface area contributed by atoms with Gasteiger partial charge in [0, 0.05) is 23.7 Å². The molecule has 0 amide bonds. The van der Waals surface area contributed by atoms with E-state index in [2.05, 4.69) is 10.2 Å². The van der Waals surface area contributed by atoms with Crippen molar-refractivity contribution in [2.45, 2.75) is 57.7 Å². The number of pyridine rings is 2. The number of alkyl halides is 3. The molecule has 5 rings (SSSR count). The van der Waals surface area contributed by atoms with Gasteiger partial charge in [-0.25, -0.2) is 4.98 Å². The molecule has 0 radical (unpaired) electrons. The first-order valence-corrected chi connectivity index (χ1v) is 12.5. The quantitative estimate of drug-likeness (QED) is 0.346. The van der Waals surface area contributed by atoms with Crippen LogP contribution in [0.3, 0.4) is 0 Å². The van der Waals surface area contributed by atoms with Gasteiger partial charge in [0.2, 0.25) is 0 Å². The highest BCUT2D eigenvalue weighted by molar-refractivity contribution is 5.82. The summed E-state index contributed by atoms with van der Waals surface area (Å²) in [5, 5.41) is 9.37. The first kappa shape index (κ1) is 24.5. The molecule has 3 aromatic heterocycles. The zero-order valence-electron chi connectivity index (χ0n) is 20.4. The van der Waals surface area contributed by atoms with E-state index in [9.17, 15) is 13.2 Å². The van der Waals surface area contributed by atoms with Crippen molar-refractivity contribution >= 4 is 16.6 Å². The molecule has 0 bridgehead atoms. The van der Waals surface area contributed by atoms with Crippen LogP contribution in [0.2, 0.25) is 0 Å². The molecule has 2 unspecified atom stereocenters. The Balaban J connectivity index is 1.54. The maximum Gasteiger partial charge on any atom is 0.396 e. The highest BCUT2D eigenvalue weighted by atomic mass is 19.4. The molecule has 1 aliphatic rings.